The van der Waals surface area contributed by atoms with Crippen molar-refractivity contribution >= 4 is 5.91 Å². The Morgan fingerprint density at radius 3 is 2.47 bits per heavy atom. The van der Waals surface area contributed by atoms with Gasteiger partial charge in [-0.25, -0.2) is 4.39 Å². The Bertz CT molecular complexity index is 420. The fourth-order valence-corrected chi connectivity index (χ4v) is 1.50. The maximum atomic E-state index is 12.7. The molecule has 0 radical (unpaired) electrons. The maximum absolute atomic E-state index is 12.7. The number of nitrogens with one attached hydrogen (secondary N) is 1. The number of carbonyl (C=O) groups is 1. The third kappa shape index (κ3) is 4.23. The van der Waals surface area contributed by atoms with Gasteiger partial charge in [0.15, 0.2) is 0 Å². The number of amides is 1. The van der Waals surface area contributed by atoms with Crippen LogP contribution < -0.4 is 5.32 Å². The number of benzene rings is 1. The van der Waals surface area contributed by atoms with Crippen molar-refractivity contribution < 1.29 is 9.18 Å². The fraction of sp³-hybridized carbons (Fsp3) is 0.385. The van der Waals surface area contributed by atoms with Gasteiger partial charge < -0.3 is 5.32 Å². The van der Waals surface area contributed by atoms with Crippen molar-refractivity contribution in [3.8, 4) is 6.07 Å². The summed E-state index contributed by atoms with van der Waals surface area (Å²) >= 11 is 0. The van der Waals surface area contributed by atoms with Crippen LogP contribution in [0.15, 0.2) is 24.3 Å². The molecule has 0 fully saturated rings. The summed E-state index contributed by atoms with van der Waals surface area (Å²) in [5, 5.41) is 11.7. The Kier molecular flexibility index (Phi) is 4.65. The minimum absolute atomic E-state index is 0.0510. The van der Waals surface area contributed by atoms with E-state index in [4.69, 9.17) is 5.26 Å². The van der Waals surface area contributed by atoms with E-state index in [1.54, 1.807) is 0 Å². The smallest absolute Gasteiger partial charge is 0.221 e. The Hall–Kier alpha value is -1.89. The van der Waals surface area contributed by atoms with E-state index < -0.39 is 5.92 Å². The summed E-state index contributed by atoms with van der Waals surface area (Å²) in [6, 6.07) is 7.76. The standard InChI is InChI=1S/C13H15FN2O/c1-9(2)16-13(17)7-11(8-15)10-3-5-12(14)6-4-10/h3-6,9,11H,7H2,1-2H3,(H,16,17). The second-order valence-corrected chi connectivity index (χ2v) is 4.16. The summed E-state index contributed by atoms with van der Waals surface area (Å²) in [7, 11) is 0. The number of hydrogen-bond acceptors (Lipinski definition) is 2. The molecule has 1 N–H and O–H groups in total. The first kappa shape index (κ1) is 13.2. The lowest BCUT2D eigenvalue weighted by Crippen LogP contribution is -2.31. The van der Waals surface area contributed by atoms with E-state index in [0.29, 0.717) is 5.56 Å². The van der Waals surface area contributed by atoms with E-state index in [0.717, 1.165) is 0 Å². The summed E-state index contributed by atoms with van der Waals surface area (Å²) < 4.78 is 12.7. The lowest BCUT2D eigenvalue weighted by Gasteiger charge is -2.11. The quantitative estimate of drug-likeness (QED) is 0.869. The van der Waals surface area contributed by atoms with Crippen molar-refractivity contribution in [1.29, 1.82) is 5.26 Å². The molecule has 1 aromatic carbocycles. The topological polar surface area (TPSA) is 52.9 Å². The van der Waals surface area contributed by atoms with Gasteiger partial charge >= 0.3 is 0 Å². The molecule has 1 atom stereocenters. The average Bonchev–Trinajstić information content (AvgIpc) is 2.26. The molecule has 1 unspecified atom stereocenters. The second kappa shape index (κ2) is 6.00. The highest BCUT2D eigenvalue weighted by molar-refractivity contribution is 5.77. The highest BCUT2D eigenvalue weighted by atomic mass is 19.1. The van der Waals surface area contributed by atoms with Crippen LogP contribution in [0.1, 0.15) is 31.7 Å². The molecule has 0 heterocycles. The van der Waals surface area contributed by atoms with Crippen molar-refractivity contribution in [2.24, 2.45) is 0 Å². The molecule has 1 amide bonds. The first-order chi connectivity index (χ1) is 8.02. The van der Waals surface area contributed by atoms with Crippen LogP contribution in [0.2, 0.25) is 0 Å². The molecule has 4 heteroatoms. The van der Waals surface area contributed by atoms with E-state index >= 15 is 0 Å². The molecule has 1 rings (SSSR count). The lowest BCUT2D eigenvalue weighted by molar-refractivity contribution is -0.121. The van der Waals surface area contributed by atoms with Gasteiger partial charge in [0, 0.05) is 12.5 Å². The van der Waals surface area contributed by atoms with Gasteiger partial charge in [0.05, 0.1) is 12.0 Å². The minimum atomic E-state index is -0.533. The van der Waals surface area contributed by atoms with Crippen LogP contribution in [0.25, 0.3) is 0 Å². The predicted octanol–water partition coefficient (Wildman–Crippen LogP) is 2.35. The van der Waals surface area contributed by atoms with Crippen LogP contribution in [0.4, 0.5) is 4.39 Å². The van der Waals surface area contributed by atoms with Crippen molar-refractivity contribution in [1.82, 2.24) is 5.32 Å². The summed E-state index contributed by atoms with van der Waals surface area (Å²) in [5.41, 5.74) is 0.660. The first-order valence-corrected chi connectivity index (χ1v) is 5.47. The predicted molar refractivity (Wildman–Crippen MR) is 62.6 cm³/mol. The van der Waals surface area contributed by atoms with Gasteiger partial charge in [0.2, 0.25) is 5.91 Å². The fourth-order valence-electron chi connectivity index (χ4n) is 1.50. The number of nitrogens with zero attached hydrogens (tertiary/aromatic N) is 1. The Labute approximate surface area is 100 Å². The molecule has 0 saturated carbocycles. The second-order valence-electron chi connectivity index (χ2n) is 4.16. The monoisotopic (exact) mass is 234 g/mol. The molecule has 0 aliphatic carbocycles. The van der Waals surface area contributed by atoms with Crippen LogP contribution >= 0.6 is 0 Å². The summed E-state index contributed by atoms with van der Waals surface area (Å²) in [6.07, 6.45) is 0.0975. The average molecular weight is 234 g/mol. The van der Waals surface area contributed by atoms with Gasteiger partial charge in [0.25, 0.3) is 0 Å². The van der Waals surface area contributed by atoms with E-state index in [9.17, 15) is 9.18 Å². The van der Waals surface area contributed by atoms with Gasteiger partial charge in [-0.3, -0.25) is 4.79 Å². The van der Waals surface area contributed by atoms with Crippen LogP contribution in [0.3, 0.4) is 0 Å². The van der Waals surface area contributed by atoms with Crippen molar-refractivity contribution in [2.45, 2.75) is 32.2 Å². The normalized spacial score (nSPS) is 11.9. The molecule has 90 valence electrons. The number of rotatable bonds is 4. The number of carbonyl (C=O) groups excluding carboxylic acids is 1. The zero-order valence-corrected chi connectivity index (χ0v) is 9.90. The van der Waals surface area contributed by atoms with Crippen molar-refractivity contribution in [3.63, 3.8) is 0 Å². The zero-order chi connectivity index (χ0) is 12.8. The summed E-state index contributed by atoms with van der Waals surface area (Å²) in [5.74, 6) is -1.05. The zero-order valence-electron chi connectivity index (χ0n) is 9.90. The molecule has 3 nitrogen and oxygen atoms in total. The van der Waals surface area contributed by atoms with Gasteiger partial charge in [0.1, 0.15) is 5.82 Å². The number of nitriles is 1. The molecular formula is C13H15FN2O. The van der Waals surface area contributed by atoms with Gasteiger partial charge in [-0.15, -0.1) is 0 Å². The van der Waals surface area contributed by atoms with Crippen LogP contribution in [-0.2, 0) is 4.79 Å². The molecule has 0 spiro atoms. The van der Waals surface area contributed by atoms with Crippen LogP contribution in [0.5, 0.6) is 0 Å². The minimum Gasteiger partial charge on any atom is -0.354 e. The van der Waals surface area contributed by atoms with E-state index in [-0.39, 0.29) is 24.2 Å². The largest absolute Gasteiger partial charge is 0.354 e. The molecule has 0 saturated heterocycles. The molecule has 0 bridgehead atoms. The SMILES string of the molecule is CC(C)NC(=O)CC(C#N)c1ccc(F)cc1. The van der Waals surface area contributed by atoms with Gasteiger partial charge in [-0.05, 0) is 31.5 Å². The third-order valence-electron chi connectivity index (χ3n) is 2.27. The molecule has 17 heavy (non-hydrogen) atoms. The Balaban J connectivity index is 2.70. The number of hydrogen-bond donors (Lipinski definition) is 1. The summed E-state index contributed by atoms with van der Waals surface area (Å²) in [4.78, 5) is 11.5. The number of halogens is 1. The molecule has 1 aromatic rings. The van der Waals surface area contributed by atoms with E-state index in [1.807, 2.05) is 13.8 Å². The first-order valence-electron chi connectivity index (χ1n) is 5.47. The van der Waals surface area contributed by atoms with Crippen molar-refractivity contribution in [3.05, 3.63) is 35.6 Å². The van der Waals surface area contributed by atoms with Crippen LogP contribution in [-0.4, -0.2) is 11.9 Å². The molecule has 0 aliphatic heterocycles. The van der Waals surface area contributed by atoms with Crippen LogP contribution in [0, 0.1) is 17.1 Å². The van der Waals surface area contributed by atoms with Crippen molar-refractivity contribution in [2.75, 3.05) is 0 Å². The third-order valence-corrected chi connectivity index (χ3v) is 2.27. The highest BCUT2D eigenvalue weighted by Gasteiger charge is 2.15. The Morgan fingerprint density at radius 2 is 2.00 bits per heavy atom. The summed E-state index contributed by atoms with van der Waals surface area (Å²) in [6.45, 7) is 3.72. The highest BCUT2D eigenvalue weighted by Crippen LogP contribution is 2.19. The molecular weight excluding hydrogens is 219 g/mol. The van der Waals surface area contributed by atoms with E-state index in [2.05, 4.69) is 11.4 Å². The van der Waals surface area contributed by atoms with E-state index in [1.165, 1.54) is 24.3 Å². The molecule has 0 aliphatic rings. The maximum Gasteiger partial charge on any atom is 0.221 e. The van der Waals surface area contributed by atoms with Gasteiger partial charge in [-0.2, -0.15) is 5.26 Å². The lowest BCUT2D eigenvalue weighted by atomic mass is 9.97. The Morgan fingerprint density at radius 1 is 1.41 bits per heavy atom. The molecule has 0 aromatic heterocycles. The van der Waals surface area contributed by atoms with Gasteiger partial charge in [-0.1, -0.05) is 12.1 Å².